The fourth-order valence-corrected chi connectivity index (χ4v) is 2.85. The monoisotopic (exact) mass is 378 g/mol. The van der Waals surface area contributed by atoms with Gasteiger partial charge in [-0.3, -0.25) is 0 Å². The van der Waals surface area contributed by atoms with Crippen LogP contribution in [0.1, 0.15) is 5.56 Å². The van der Waals surface area contributed by atoms with E-state index < -0.39 is 7.12 Å². The summed E-state index contributed by atoms with van der Waals surface area (Å²) in [5, 5.41) is 27.6. The minimum absolute atomic E-state index is 0.387. The van der Waals surface area contributed by atoms with E-state index in [-0.39, 0.29) is 0 Å². The van der Waals surface area contributed by atoms with Gasteiger partial charge in [0.2, 0.25) is 0 Å². The van der Waals surface area contributed by atoms with Crippen LogP contribution in [-0.4, -0.2) is 32.1 Å². The largest absolute Gasteiger partial charge is 0.488 e. The Kier molecular flexibility index (Phi) is 5.12. The van der Waals surface area contributed by atoms with Crippen LogP contribution in [0.4, 0.5) is 0 Å². The van der Waals surface area contributed by atoms with Crippen molar-refractivity contribution in [2.75, 3.05) is 0 Å². The smallest absolute Gasteiger partial charge is 0.423 e. The molecule has 0 spiro atoms. The maximum Gasteiger partial charge on any atom is 0.488 e. The van der Waals surface area contributed by atoms with Gasteiger partial charge in [0.25, 0.3) is 0 Å². The van der Waals surface area contributed by atoms with Crippen LogP contribution in [0.15, 0.2) is 78.9 Å². The summed E-state index contributed by atoms with van der Waals surface area (Å²) in [6, 6.07) is 25.5. The molecule has 0 bridgehead atoms. The number of aromatic nitrogens is 3. The van der Waals surface area contributed by atoms with Gasteiger partial charge in [0.05, 0.1) is 11.6 Å². The first kappa shape index (κ1) is 18.5. The molecule has 3 aromatic carbocycles. The number of rotatable bonds is 4. The molecule has 4 aromatic rings. The first-order chi connectivity index (χ1) is 14.1. The minimum atomic E-state index is -1.53. The summed E-state index contributed by atoms with van der Waals surface area (Å²) in [7, 11) is -1.53. The van der Waals surface area contributed by atoms with Crippen molar-refractivity contribution >= 4 is 12.6 Å². The molecule has 2 N–H and O–H groups in total. The maximum absolute atomic E-state index is 9.30. The Morgan fingerprint density at radius 3 is 1.52 bits per heavy atom. The van der Waals surface area contributed by atoms with Gasteiger partial charge >= 0.3 is 7.12 Å². The molecule has 0 aliphatic rings. The Bertz CT molecular complexity index is 1170. The Morgan fingerprint density at radius 1 is 0.621 bits per heavy atom. The molecule has 0 atom stereocenters. The average Bonchev–Trinajstić information content (AvgIpc) is 2.79. The van der Waals surface area contributed by atoms with E-state index in [0.29, 0.717) is 28.5 Å². The van der Waals surface area contributed by atoms with Crippen molar-refractivity contribution in [3.05, 3.63) is 84.4 Å². The van der Waals surface area contributed by atoms with Gasteiger partial charge < -0.3 is 10.0 Å². The van der Waals surface area contributed by atoms with Crippen molar-refractivity contribution in [3.8, 4) is 40.2 Å². The number of nitrogens with zero attached hydrogens (tertiary/aromatic N) is 4. The minimum Gasteiger partial charge on any atom is -0.423 e. The number of hydrogen-bond donors (Lipinski definition) is 2. The van der Waals surface area contributed by atoms with Crippen LogP contribution in [0, 0.1) is 11.3 Å². The SMILES string of the molecule is N#Cc1ccc(-c2nc(-c3ccccc3)nc(-c3ccc(B(O)O)cc3)n2)cc1. The number of benzene rings is 3. The predicted octanol–water partition coefficient (Wildman–Crippen LogP) is 2.42. The van der Waals surface area contributed by atoms with Crippen molar-refractivity contribution in [2.24, 2.45) is 0 Å². The Morgan fingerprint density at radius 2 is 1.07 bits per heavy atom. The normalized spacial score (nSPS) is 10.4. The lowest BCUT2D eigenvalue weighted by Crippen LogP contribution is -2.29. The van der Waals surface area contributed by atoms with Gasteiger partial charge in [-0.05, 0) is 29.7 Å². The molecule has 0 amide bonds. The Hall–Kier alpha value is -3.86. The van der Waals surface area contributed by atoms with Crippen LogP contribution in [0.2, 0.25) is 0 Å². The molecule has 0 saturated heterocycles. The van der Waals surface area contributed by atoms with Gasteiger partial charge in [0.1, 0.15) is 0 Å². The molecule has 0 fully saturated rings. The van der Waals surface area contributed by atoms with E-state index in [2.05, 4.69) is 21.0 Å². The molecule has 138 valence electrons. The highest BCUT2D eigenvalue weighted by atomic mass is 16.4. The van der Waals surface area contributed by atoms with E-state index in [1.165, 1.54) is 0 Å². The van der Waals surface area contributed by atoms with E-state index in [1.807, 2.05) is 30.3 Å². The lowest BCUT2D eigenvalue weighted by atomic mass is 9.80. The molecule has 4 rings (SSSR count). The zero-order chi connectivity index (χ0) is 20.2. The number of hydrogen-bond acceptors (Lipinski definition) is 6. The molecular weight excluding hydrogens is 363 g/mol. The van der Waals surface area contributed by atoms with Crippen LogP contribution in [0.25, 0.3) is 34.2 Å². The highest BCUT2D eigenvalue weighted by Gasteiger charge is 2.14. The van der Waals surface area contributed by atoms with Gasteiger partial charge in [-0.25, -0.2) is 15.0 Å². The number of nitriles is 1. The lowest BCUT2D eigenvalue weighted by Gasteiger charge is -2.09. The van der Waals surface area contributed by atoms with Gasteiger partial charge in [0.15, 0.2) is 17.5 Å². The van der Waals surface area contributed by atoms with Crippen LogP contribution in [-0.2, 0) is 0 Å². The molecule has 0 radical (unpaired) electrons. The van der Waals surface area contributed by atoms with Crippen molar-refractivity contribution in [3.63, 3.8) is 0 Å². The van der Waals surface area contributed by atoms with Crippen LogP contribution in [0.3, 0.4) is 0 Å². The van der Waals surface area contributed by atoms with E-state index in [9.17, 15) is 10.0 Å². The molecule has 0 aliphatic carbocycles. The molecule has 0 aliphatic heterocycles. The summed E-state index contributed by atoms with van der Waals surface area (Å²) in [5.41, 5.74) is 3.30. The molecule has 6 nitrogen and oxygen atoms in total. The van der Waals surface area contributed by atoms with Crippen molar-refractivity contribution < 1.29 is 10.0 Å². The van der Waals surface area contributed by atoms with E-state index in [1.54, 1.807) is 48.5 Å². The maximum atomic E-state index is 9.30. The molecule has 1 aromatic heterocycles. The molecule has 0 saturated carbocycles. The second kappa shape index (κ2) is 8.03. The van der Waals surface area contributed by atoms with Gasteiger partial charge in [-0.1, -0.05) is 54.6 Å². The predicted molar refractivity (Wildman–Crippen MR) is 111 cm³/mol. The topological polar surface area (TPSA) is 103 Å². The van der Waals surface area contributed by atoms with Gasteiger partial charge in [-0.2, -0.15) is 5.26 Å². The quantitative estimate of drug-likeness (QED) is 0.529. The summed E-state index contributed by atoms with van der Waals surface area (Å²) in [4.78, 5) is 13.8. The summed E-state index contributed by atoms with van der Waals surface area (Å²) >= 11 is 0. The highest BCUT2D eigenvalue weighted by Crippen LogP contribution is 2.24. The summed E-state index contributed by atoms with van der Waals surface area (Å²) < 4.78 is 0. The lowest BCUT2D eigenvalue weighted by molar-refractivity contribution is 0.426. The molecule has 1 heterocycles. The fourth-order valence-electron chi connectivity index (χ4n) is 2.85. The first-order valence-corrected chi connectivity index (χ1v) is 8.92. The second-order valence-electron chi connectivity index (χ2n) is 6.36. The summed E-state index contributed by atoms with van der Waals surface area (Å²) in [5.74, 6) is 1.49. The third-order valence-electron chi connectivity index (χ3n) is 4.41. The first-order valence-electron chi connectivity index (χ1n) is 8.92. The molecule has 0 unspecified atom stereocenters. The third-order valence-corrected chi connectivity index (χ3v) is 4.41. The zero-order valence-corrected chi connectivity index (χ0v) is 15.3. The fraction of sp³-hybridized carbons (Fsp3) is 0. The van der Waals surface area contributed by atoms with Crippen molar-refractivity contribution in [1.82, 2.24) is 15.0 Å². The van der Waals surface area contributed by atoms with E-state index >= 15 is 0 Å². The standard InChI is InChI=1S/C22H15BN4O2/c24-14-15-6-8-17(9-7-15)21-25-20(16-4-2-1-3-5-16)26-22(27-21)18-10-12-19(13-11-18)23(28)29/h1-13,28-29H. The Labute approximate surface area is 168 Å². The van der Waals surface area contributed by atoms with Crippen molar-refractivity contribution in [1.29, 1.82) is 5.26 Å². The molecule has 7 heteroatoms. The summed E-state index contributed by atoms with van der Waals surface area (Å²) in [6.07, 6.45) is 0. The van der Waals surface area contributed by atoms with Crippen LogP contribution in [0.5, 0.6) is 0 Å². The van der Waals surface area contributed by atoms with Crippen LogP contribution < -0.4 is 5.46 Å². The van der Waals surface area contributed by atoms with Crippen LogP contribution >= 0.6 is 0 Å². The van der Waals surface area contributed by atoms with E-state index in [0.717, 1.165) is 16.7 Å². The zero-order valence-electron chi connectivity index (χ0n) is 15.3. The molecular formula is C22H15BN4O2. The van der Waals surface area contributed by atoms with E-state index in [4.69, 9.17) is 5.26 Å². The third kappa shape index (κ3) is 4.04. The highest BCUT2D eigenvalue weighted by molar-refractivity contribution is 6.58. The Balaban J connectivity index is 1.84. The van der Waals surface area contributed by atoms with Crippen molar-refractivity contribution in [2.45, 2.75) is 0 Å². The average molecular weight is 378 g/mol. The van der Waals surface area contributed by atoms with Gasteiger partial charge in [-0.15, -0.1) is 0 Å². The van der Waals surface area contributed by atoms with Gasteiger partial charge in [0, 0.05) is 16.7 Å². The second-order valence-corrected chi connectivity index (χ2v) is 6.36. The molecule has 29 heavy (non-hydrogen) atoms. The summed E-state index contributed by atoms with van der Waals surface area (Å²) in [6.45, 7) is 0.